The van der Waals surface area contributed by atoms with Gasteiger partial charge in [0.05, 0.1) is 5.02 Å². The van der Waals surface area contributed by atoms with Crippen molar-refractivity contribution in [2.75, 3.05) is 19.6 Å². The maximum absolute atomic E-state index is 13.5. The summed E-state index contributed by atoms with van der Waals surface area (Å²) in [6.07, 6.45) is 2.49. The number of nitrogens with zero attached hydrogens (tertiary/aromatic N) is 1. The predicted molar refractivity (Wildman–Crippen MR) is 87.2 cm³/mol. The lowest BCUT2D eigenvalue weighted by atomic mass is 9.96. The average Bonchev–Trinajstić information content (AvgIpc) is 2.40. The van der Waals surface area contributed by atoms with Crippen LogP contribution in [0.15, 0.2) is 18.2 Å². The van der Waals surface area contributed by atoms with Gasteiger partial charge in [0.15, 0.2) is 0 Å². The van der Waals surface area contributed by atoms with Crippen molar-refractivity contribution >= 4 is 11.6 Å². The number of benzene rings is 1. The summed E-state index contributed by atoms with van der Waals surface area (Å²) in [4.78, 5) is 2.42. The first-order valence-electron chi connectivity index (χ1n) is 7.75. The largest absolute Gasteiger partial charge is 0.312 e. The van der Waals surface area contributed by atoms with E-state index >= 15 is 0 Å². The standard InChI is InChI=1S/C17H26ClFN2/c1-17(2,3)20-10-14-5-4-8-21(12-14)11-13-6-7-15(18)16(19)9-13/h6-7,9,14,20H,4-5,8,10-12H2,1-3H3. The Bertz CT molecular complexity index is 470. The molecule has 1 aliphatic heterocycles. The minimum atomic E-state index is -0.322. The maximum Gasteiger partial charge on any atom is 0.142 e. The molecule has 0 amide bonds. The van der Waals surface area contributed by atoms with Crippen molar-refractivity contribution in [1.29, 1.82) is 0 Å². The third-order valence-corrected chi connectivity index (χ3v) is 4.22. The van der Waals surface area contributed by atoms with Crippen molar-refractivity contribution in [2.45, 2.75) is 45.7 Å². The van der Waals surface area contributed by atoms with Crippen molar-refractivity contribution in [2.24, 2.45) is 5.92 Å². The highest BCUT2D eigenvalue weighted by Crippen LogP contribution is 2.21. The highest BCUT2D eigenvalue weighted by atomic mass is 35.5. The van der Waals surface area contributed by atoms with E-state index < -0.39 is 0 Å². The third-order valence-electron chi connectivity index (χ3n) is 3.91. The molecule has 1 fully saturated rings. The lowest BCUT2D eigenvalue weighted by Gasteiger charge is -2.34. The molecule has 0 aromatic heterocycles. The summed E-state index contributed by atoms with van der Waals surface area (Å²) in [6.45, 7) is 10.6. The van der Waals surface area contributed by atoms with Crippen LogP contribution in [0.1, 0.15) is 39.2 Å². The molecule has 1 atom stereocenters. The predicted octanol–water partition coefficient (Wildman–Crippen LogP) is 4.08. The Morgan fingerprint density at radius 1 is 1.38 bits per heavy atom. The summed E-state index contributed by atoms with van der Waals surface area (Å²) in [5, 5.41) is 3.79. The van der Waals surface area contributed by atoms with Crippen LogP contribution >= 0.6 is 11.6 Å². The Morgan fingerprint density at radius 2 is 2.14 bits per heavy atom. The molecule has 1 heterocycles. The second-order valence-corrected chi connectivity index (χ2v) is 7.53. The molecule has 0 radical (unpaired) electrons. The molecule has 1 saturated heterocycles. The number of likely N-dealkylation sites (tertiary alicyclic amines) is 1. The van der Waals surface area contributed by atoms with Gasteiger partial charge in [-0.1, -0.05) is 17.7 Å². The number of piperidine rings is 1. The second-order valence-electron chi connectivity index (χ2n) is 7.12. The van der Waals surface area contributed by atoms with Crippen LogP contribution in [0.25, 0.3) is 0 Å². The molecule has 0 saturated carbocycles. The first kappa shape index (κ1) is 16.7. The van der Waals surface area contributed by atoms with Gasteiger partial charge in [-0.2, -0.15) is 0 Å². The highest BCUT2D eigenvalue weighted by Gasteiger charge is 2.21. The molecule has 0 spiro atoms. The zero-order chi connectivity index (χ0) is 15.5. The van der Waals surface area contributed by atoms with Crippen molar-refractivity contribution in [3.05, 3.63) is 34.6 Å². The molecule has 21 heavy (non-hydrogen) atoms. The third kappa shape index (κ3) is 5.57. The molecule has 1 unspecified atom stereocenters. The van der Waals surface area contributed by atoms with E-state index in [2.05, 4.69) is 31.0 Å². The van der Waals surface area contributed by atoms with E-state index in [9.17, 15) is 4.39 Å². The quantitative estimate of drug-likeness (QED) is 0.901. The van der Waals surface area contributed by atoms with Gasteiger partial charge < -0.3 is 5.32 Å². The van der Waals surface area contributed by atoms with Crippen molar-refractivity contribution in [1.82, 2.24) is 10.2 Å². The minimum Gasteiger partial charge on any atom is -0.312 e. The van der Waals surface area contributed by atoms with Crippen LogP contribution in [0, 0.1) is 11.7 Å². The van der Waals surface area contributed by atoms with E-state index in [0.717, 1.165) is 31.7 Å². The normalized spacial score (nSPS) is 20.7. The Kier molecular flexibility index (Phi) is 5.64. The van der Waals surface area contributed by atoms with E-state index in [1.54, 1.807) is 12.1 Å². The number of nitrogens with one attached hydrogen (secondary N) is 1. The van der Waals surface area contributed by atoms with Crippen LogP contribution in [-0.2, 0) is 6.54 Å². The van der Waals surface area contributed by atoms with Crippen LogP contribution in [-0.4, -0.2) is 30.1 Å². The average molecular weight is 313 g/mol. The Balaban J connectivity index is 1.87. The Hall–Kier alpha value is -0.640. The second kappa shape index (κ2) is 7.08. The lowest BCUT2D eigenvalue weighted by molar-refractivity contribution is 0.159. The molecule has 1 aromatic carbocycles. The van der Waals surface area contributed by atoms with Gasteiger partial charge in [0.25, 0.3) is 0 Å². The molecular weight excluding hydrogens is 287 g/mol. The molecule has 1 aliphatic rings. The van der Waals surface area contributed by atoms with Gasteiger partial charge in [0.2, 0.25) is 0 Å². The highest BCUT2D eigenvalue weighted by molar-refractivity contribution is 6.30. The van der Waals surface area contributed by atoms with Crippen molar-refractivity contribution < 1.29 is 4.39 Å². The van der Waals surface area contributed by atoms with Gasteiger partial charge in [-0.3, -0.25) is 4.90 Å². The molecule has 1 N–H and O–H groups in total. The monoisotopic (exact) mass is 312 g/mol. The van der Waals surface area contributed by atoms with E-state index in [4.69, 9.17) is 11.6 Å². The molecule has 0 aliphatic carbocycles. The Morgan fingerprint density at radius 3 is 2.81 bits per heavy atom. The number of halogens is 2. The molecule has 2 rings (SSSR count). The maximum atomic E-state index is 13.5. The van der Waals surface area contributed by atoms with E-state index in [0.29, 0.717) is 5.92 Å². The minimum absolute atomic E-state index is 0.168. The summed E-state index contributed by atoms with van der Waals surface area (Å²) in [5.74, 6) is 0.354. The van der Waals surface area contributed by atoms with Crippen molar-refractivity contribution in [3.63, 3.8) is 0 Å². The first-order valence-corrected chi connectivity index (χ1v) is 8.12. The molecule has 0 bridgehead atoms. The van der Waals surface area contributed by atoms with Gasteiger partial charge in [-0.05, 0) is 70.3 Å². The van der Waals surface area contributed by atoms with Crippen LogP contribution in [0.3, 0.4) is 0 Å². The zero-order valence-electron chi connectivity index (χ0n) is 13.3. The molecular formula is C17H26ClFN2. The number of rotatable bonds is 4. The van der Waals surface area contributed by atoms with Gasteiger partial charge in [-0.15, -0.1) is 0 Å². The zero-order valence-corrected chi connectivity index (χ0v) is 14.0. The van der Waals surface area contributed by atoms with Crippen LogP contribution < -0.4 is 5.32 Å². The summed E-state index contributed by atoms with van der Waals surface area (Å²) in [7, 11) is 0. The fourth-order valence-corrected chi connectivity index (χ4v) is 2.93. The van der Waals surface area contributed by atoms with Crippen LogP contribution in [0.4, 0.5) is 4.39 Å². The first-order chi connectivity index (χ1) is 9.83. The summed E-state index contributed by atoms with van der Waals surface area (Å²) in [6, 6.07) is 5.12. The smallest absolute Gasteiger partial charge is 0.142 e. The lowest BCUT2D eigenvalue weighted by Crippen LogP contribution is -2.44. The number of hydrogen-bond acceptors (Lipinski definition) is 2. The summed E-state index contributed by atoms with van der Waals surface area (Å²) < 4.78 is 13.5. The fraction of sp³-hybridized carbons (Fsp3) is 0.647. The van der Waals surface area contributed by atoms with Gasteiger partial charge in [0, 0.05) is 18.6 Å². The van der Waals surface area contributed by atoms with E-state index in [1.807, 2.05) is 6.07 Å². The molecule has 1 aromatic rings. The molecule has 2 nitrogen and oxygen atoms in total. The van der Waals surface area contributed by atoms with Crippen molar-refractivity contribution in [3.8, 4) is 0 Å². The molecule has 4 heteroatoms. The van der Waals surface area contributed by atoms with Crippen LogP contribution in [0.2, 0.25) is 5.02 Å². The Labute approximate surface area is 132 Å². The van der Waals surface area contributed by atoms with Gasteiger partial charge in [-0.25, -0.2) is 4.39 Å². The topological polar surface area (TPSA) is 15.3 Å². The fourth-order valence-electron chi connectivity index (χ4n) is 2.81. The number of hydrogen-bond donors (Lipinski definition) is 1. The van der Waals surface area contributed by atoms with Gasteiger partial charge in [0.1, 0.15) is 5.82 Å². The SMILES string of the molecule is CC(C)(C)NCC1CCCN(Cc2ccc(Cl)c(F)c2)C1. The molecule has 118 valence electrons. The van der Waals surface area contributed by atoms with E-state index in [1.165, 1.54) is 12.8 Å². The van der Waals surface area contributed by atoms with E-state index in [-0.39, 0.29) is 16.4 Å². The summed E-state index contributed by atoms with van der Waals surface area (Å²) in [5.41, 5.74) is 1.17. The summed E-state index contributed by atoms with van der Waals surface area (Å²) >= 11 is 5.73. The van der Waals surface area contributed by atoms with Gasteiger partial charge >= 0.3 is 0 Å². The van der Waals surface area contributed by atoms with Crippen LogP contribution in [0.5, 0.6) is 0 Å².